The lowest BCUT2D eigenvalue weighted by Gasteiger charge is -2.01. The van der Waals surface area contributed by atoms with Crippen LogP contribution in [0, 0.1) is 4.77 Å². The van der Waals surface area contributed by atoms with Crippen LogP contribution in [0.4, 0.5) is 11.5 Å². The van der Waals surface area contributed by atoms with Crippen LogP contribution >= 0.6 is 12.2 Å². The van der Waals surface area contributed by atoms with Gasteiger partial charge in [0.25, 0.3) is 0 Å². The third-order valence-electron chi connectivity index (χ3n) is 1.15. The summed E-state index contributed by atoms with van der Waals surface area (Å²) >= 11 is 4.82. The second kappa shape index (κ2) is 2.26. The molecule has 0 radical (unpaired) electrons. The summed E-state index contributed by atoms with van der Waals surface area (Å²) in [5.74, 6) is 0.295. The van der Waals surface area contributed by atoms with Gasteiger partial charge in [0.05, 0.1) is 5.69 Å². The Bertz CT molecular complexity index is 303. The summed E-state index contributed by atoms with van der Waals surface area (Å²) in [5.41, 5.74) is 11.3. The maximum absolute atomic E-state index is 5.43. The molecule has 5 heteroatoms. The van der Waals surface area contributed by atoms with E-state index in [9.17, 15) is 0 Å². The summed E-state index contributed by atoms with van der Waals surface area (Å²) in [6, 6.07) is 0. The maximum atomic E-state index is 5.43. The Morgan fingerprint density at radius 3 is 2.70 bits per heavy atom. The number of nitrogens with zero attached hydrogens (tertiary/aromatic N) is 2. The maximum Gasteiger partial charge on any atom is 0.201 e. The number of aromatic nitrogens is 2. The van der Waals surface area contributed by atoms with Crippen LogP contribution in [-0.2, 0) is 7.05 Å². The summed E-state index contributed by atoms with van der Waals surface area (Å²) in [4.78, 5) is 3.80. The van der Waals surface area contributed by atoms with E-state index in [1.165, 1.54) is 0 Å². The zero-order valence-corrected chi connectivity index (χ0v) is 6.35. The number of nitrogens with two attached hydrogens (primary N) is 2. The van der Waals surface area contributed by atoms with Gasteiger partial charge in [-0.25, -0.2) is 4.98 Å². The fourth-order valence-corrected chi connectivity index (χ4v) is 0.727. The Labute approximate surface area is 63.5 Å². The minimum atomic E-state index is 0.295. The molecule has 0 bridgehead atoms. The molecule has 54 valence electrons. The molecule has 0 fully saturated rings. The lowest BCUT2D eigenvalue weighted by Crippen LogP contribution is -2.03. The molecule has 1 heterocycles. The van der Waals surface area contributed by atoms with Crippen molar-refractivity contribution < 1.29 is 0 Å². The zero-order chi connectivity index (χ0) is 7.72. The van der Waals surface area contributed by atoms with Crippen LogP contribution in [0.3, 0.4) is 0 Å². The summed E-state index contributed by atoms with van der Waals surface area (Å²) < 4.78 is 2.08. The topological polar surface area (TPSA) is 69.9 Å². The van der Waals surface area contributed by atoms with Crippen LogP contribution < -0.4 is 11.5 Å². The van der Waals surface area contributed by atoms with Gasteiger partial charge in [0.2, 0.25) is 4.77 Å². The second-order valence-corrected chi connectivity index (χ2v) is 2.34. The molecule has 0 aliphatic rings. The van der Waals surface area contributed by atoms with Gasteiger partial charge in [0.1, 0.15) is 0 Å². The first-order valence-corrected chi connectivity index (χ1v) is 3.10. The molecular formula is C5H8N4S. The van der Waals surface area contributed by atoms with Crippen LogP contribution in [-0.4, -0.2) is 9.55 Å². The van der Waals surface area contributed by atoms with Crippen molar-refractivity contribution in [3.63, 3.8) is 0 Å². The van der Waals surface area contributed by atoms with E-state index in [0.29, 0.717) is 16.3 Å². The van der Waals surface area contributed by atoms with Gasteiger partial charge in [-0.3, -0.25) is 0 Å². The molecule has 0 saturated heterocycles. The first-order chi connectivity index (χ1) is 4.61. The van der Waals surface area contributed by atoms with E-state index < -0.39 is 0 Å². The minimum Gasteiger partial charge on any atom is -0.395 e. The average Bonchev–Trinajstić information content (AvgIpc) is 1.84. The molecule has 1 rings (SSSR count). The second-order valence-electron chi connectivity index (χ2n) is 1.97. The van der Waals surface area contributed by atoms with Crippen molar-refractivity contribution >= 4 is 23.7 Å². The van der Waals surface area contributed by atoms with Gasteiger partial charge in [-0.15, -0.1) is 0 Å². The van der Waals surface area contributed by atoms with Gasteiger partial charge in [0, 0.05) is 13.2 Å². The molecule has 0 atom stereocenters. The highest BCUT2D eigenvalue weighted by atomic mass is 32.1. The van der Waals surface area contributed by atoms with E-state index >= 15 is 0 Å². The summed E-state index contributed by atoms with van der Waals surface area (Å²) in [6.45, 7) is 0. The van der Waals surface area contributed by atoms with E-state index in [1.54, 1.807) is 17.8 Å². The number of anilines is 2. The molecule has 0 saturated carbocycles. The SMILES string of the molecule is Cn1cc(N)c(N)nc1=S. The number of aryl methyl sites for hydroxylation is 1. The van der Waals surface area contributed by atoms with Gasteiger partial charge in [-0.2, -0.15) is 0 Å². The summed E-state index contributed by atoms with van der Waals surface area (Å²) in [7, 11) is 1.77. The molecule has 4 N–H and O–H groups in total. The smallest absolute Gasteiger partial charge is 0.201 e. The molecule has 0 amide bonds. The third-order valence-corrected chi connectivity index (χ3v) is 1.53. The van der Waals surface area contributed by atoms with Crippen LogP contribution in [0.15, 0.2) is 6.20 Å². The molecule has 4 nitrogen and oxygen atoms in total. The average molecular weight is 156 g/mol. The fourth-order valence-electron chi connectivity index (χ4n) is 0.576. The predicted octanol–water partition coefficient (Wildman–Crippen LogP) is 0.314. The van der Waals surface area contributed by atoms with E-state index in [-0.39, 0.29) is 0 Å². The Morgan fingerprint density at radius 1 is 1.60 bits per heavy atom. The van der Waals surface area contributed by atoms with E-state index in [0.717, 1.165) is 0 Å². The Morgan fingerprint density at radius 2 is 2.20 bits per heavy atom. The Balaban J connectivity index is 3.43. The number of nitrogen functional groups attached to an aromatic ring is 2. The van der Waals surface area contributed by atoms with Crippen LogP contribution in [0.2, 0.25) is 0 Å². The van der Waals surface area contributed by atoms with Crippen LogP contribution in [0.5, 0.6) is 0 Å². The van der Waals surface area contributed by atoms with E-state index in [4.69, 9.17) is 23.7 Å². The van der Waals surface area contributed by atoms with Crippen molar-refractivity contribution in [1.82, 2.24) is 9.55 Å². The molecule has 10 heavy (non-hydrogen) atoms. The standard InChI is InChI=1S/C5H8N4S/c1-9-2-3(6)4(7)8-5(9)10/h2H,6H2,1H3,(H2,7,8,10). The summed E-state index contributed by atoms with van der Waals surface area (Å²) in [6.07, 6.45) is 1.64. The van der Waals surface area contributed by atoms with E-state index in [2.05, 4.69) is 4.98 Å². The Kier molecular flexibility index (Phi) is 1.58. The monoisotopic (exact) mass is 156 g/mol. The molecule has 0 aliphatic carbocycles. The van der Waals surface area contributed by atoms with Crippen molar-refractivity contribution in [2.75, 3.05) is 11.5 Å². The van der Waals surface area contributed by atoms with Crippen molar-refractivity contribution in [1.29, 1.82) is 0 Å². The normalized spacial score (nSPS) is 9.70. The van der Waals surface area contributed by atoms with Crippen LogP contribution in [0.25, 0.3) is 0 Å². The molecule has 0 spiro atoms. The number of hydrogen-bond donors (Lipinski definition) is 2. The third kappa shape index (κ3) is 1.08. The fraction of sp³-hybridized carbons (Fsp3) is 0.200. The first kappa shape index (κ1) is 7.01. The zero-order valence-electron chi connectivity index (χ0n) is 5.53. The lowest BCUT2D eigenvalue weighted by atomic mass is 10.5. The van der Waals surface area contributed by atoms with Crippen LogP contribution in [0.1, 0.15) is 0 Å². The molecular weight excluding hydrogens is 148 g/mol. The van der Waals surface area contributed by atoms with E-state index in [1.807, 2.05) is 0 Å². The first-order valence-electron chi connectivity index (χ1n) is 2.70. The van der Waals surface area contributed by atoms with Gasteiger partial charge >= 0.3 is 0 Å². The largest absolute Gasteiger partial charge is 0.395 e. The number of rotatable bonds is 0. The van der Waals surface area contributed by atoms with Gasteiger partial charge in [0.15, 0.2) is 5.82 Å². The highest BCUT2D eigenvalue weighted by Crippen LogP contribution is 2.07. The lowest BCUT2D eigenvalue weighted by molar-refractivity contribution is 0.850. The van der Waals surface area contributed by atoms with Crippen molar-refractivity contribution in [2.24, 2.45) is 7.05 Å². The van der Waals surface area contributed by atoms with Crippen molar-refractivity contribution in [3.05, 3.63) is 11.0 Å². The minimum absolute atomic E-state index is 0.295. The van der Waals surface area contributed by atoms with Gasteiger partial charge in [-0.1, -0.05) is 0 Å². The predicted molar refractivity (Wildman–Crippen MR) is 42.9 cm³/mol. The molecule has 0 aliphatic heterocycles. The molecule has 0 aromatic carbocycles. The molecule has 1 aromatic heterocycles. The Hall–Kier alpha value is -1.10. The quantitative estimate of drug-likeness (QED) is 0.530. The van der Waals surface area contributed by atoms with Crippen molar-refractivity contribution in [3.8, 4) is 0 Å². The van der Waals surface area contributed by atoms with Gasteiger partial charge in [-0.05, 0) is 12.2 Å². The highest BCUT2D eigenvalue weighted by molar-refractivity contribution is 7.71. The summed E-state index contributed by atoms with van der Waals surface area (Å²) in [5, 5.41) is 0. The number of hydrogen-bond acceptors (Lipinski definition) is 4. The molecule has 0 unspecified atom stereocenters. The highest BCUT2D eigenvalue weighted by Gasteiger charge is 1.94. The van der Waals surface area contributed by atoms with Crippen molar-refractivity contribution in [2.45, 2.75) is 0 Å². The molecule has 1 aromatic rings. The van der Waals surface area contributed by atoms with Gasteiger partial charge < -0.3 is 16.0 Å².